The molecule has 2 aromatic rings. The van der Waals surface area contributed by atoms with E-state index in [4.69, 9.17) is 5.73 Å². The zero-order valence-electron chi connectivity index (χ0n) is 11.7. The first kappa shape index (κ1) is 13.8. The SMILES string of the molecule is Cc1cccc(-c2cnn(CCCCCCN)c2)c1. The standard InChI is InChI=1S/C16H23N3/c1-14-7-6-8-15(11-14)16-12-18-19(13-16)10-5-3-2-4-9-17/h6-8,11-13H,2-5,9-10,17H2,1H3. The van der Waals surface area contributed by atoms with Crippen LogP contribution in [0.2, 0.25) is 0 Å². The summed E-state index contributed by atoms with van der Waals surface area (Å²) < 4.78 is 2.04. The molecule has 0 saturated heterocycles. The van der Waals surface area contributed by atoms with Gasteiger partial charge in [0.05, 0.1) is 6.20 Å². The third kappa shape index (κ3) is 4.21. The summed E-state index contributed by atoms with van der Waals surface area (Å²) in [6.45, 7) is 3.92. The van der Waals surface area contributed by atoms with E-state index in [1.165, 1.54) is 36.0 Å². The number of aryl methyl sites for hydroxylation is 2. The van der Waals surface area contributed by atoms with E-state index in [0.29, 0.717) is 0 Å². The van der Waals surface area contributed by atoms with Gasteiger partial charge < -0.3 is 5.73 Å². The summed E-state index contributed by atoms with van der Waals surface area (Å²) in [5.74, 6) is 0. The third-order valence-electron chi connectivity index (χ3n) is 3.33. The monoisotopic (exact) mass is 257 g/mol. The summed E-state index contributed by atoms with van der Waals surface area (Å²) in [5.41, 5.74) is 9.21. The quantitative estimate of drug-likeness (QED) is 0.773. The second kappa shape index (κ2) is 7.10. The average Bonchev–Trinajstić information content (AvgIpc) is 2.87. The topological polar surface area (TPSA) is 43.8 Å². The van der Waals surface area contributed by atoms with Crippen LogP contribution in [0.3, 0.4) is 0 Å². The molecule has 2 N–H and O–H groups in total. The van der Waals surface area contributed by atoms with Gasteiger partial charge in [-0.2, -0.15) is 5.10 Å². The van der Waals surface area contributed by atoms with Gasteiger partial charge in [-0.05, 0) is 31.9 Å². The van der Waals surface area contributed by atoms with Crippen molar-refractivity contribution in [2.24, 2.45) is 5.73 Å². The van der Waals surface area contributed by atoms with Crippen molar-refractivity contribution in [3.63, 3.8) is 0 Å². The van der Waals surface area contributed by atoms with Crippen LogP contribution in [0.5, 0.6) is 0 Å². The number of unbranched alkanes of at least 4 members (excludes halogenated alkanes) is 3. The van der Waals surface area contributed by atoms with Gasteiger partial charge >= 0.3 is 0 Å². The second-order valence-corrected chi connectivity index (χ2v) is 5.06. The maximum absolute atomic E-state index is 5.48. The molecule has 0 aliphatic carbocycles. The number of hydrogen-bond acceptors (Lipinski definition) is 2. The fourth-order valence-electron chi connectivity index (χ4n) is 2.23. The third-order valence-corrected chi connectivity index (χ3v) is 3.33. The van der Waals surface area contributed by atoms with Crippen molar-refractivity contribution in [3.8, 4) is 11.1 Å². The zero-order valence-corrected chi connectivity index (χ0v) is 11.7. The second-order valence-electron chi connectivity index (χ2n) is 5.06. The number of nitrogens with zero attached hydrogens (tertiary/aromatic N) is 2. The van der Waals surface area contributed by atoms with Gasteiger partial charge in [0.2, 0.25) is 0 Å². The van der Waals surface area contributed by atoms with Crippen molar-refractivity contribution >= 4 is 0 Å². The average molecular weight is 257 g/mol. The van der Waals surface area contributed by atoms with Crippen molar-refractivity contribution in [2.45, 2.75) is 39.2 Å². The van der Waals surface area contributed by atoms with Gasteiger partial charge in [0.25, 0.3) is 0 Å². The fourth-order valence-corrected chi connectivity index (χ4v) is 2.23. The summed E-state index contributed by atoms with van der Waals surface area (Å²) in [4.78, 5) is 0. The molecule has 2 rings (SSSR count). The summed E-state index contributed by atoms with van der Waals surface area (Å²) in [6, 6.07) is 8.54. The first-order valence-corrected chi connectivity index (χ1v) is 7.09. The Balaban J connectivity index is 1.88. The molecular weight excluding hydrogens is 234 g/mol. The van der Waals surface area contributed by atoms with E-state index in [0.717, 1.165) is 19.5 Å². The highest BCUT2D eigenvalue weighted by atomic mass is 15.3. The van der Waals surface area contributed by atoms with E-state index in [2.05, 4.69) is 42.5 Å². The van der Waals surface area contributed by atoms with Crippen LogP contribution >= 0.6 is 0 Å². The Kier molecular flexibility index (Phi) is 5.16. The van der Waals surface area contributed by atoms with E-state index in [1.54, 1.807) is 0 Å². The van der Waals surface area contributed by atoms with E-state index in [1.807, 2.05) is 10.9 Å². The van der Waals surface area contributed by atoms with E-state index in [9.17, 15) is 0 Å². The molecule has 0 saturated carbocycles. The van der Waals surface area contributed by atoms with Crippen LogP contribution in [0.25, 0.3) is 11.1 Å². The highest BCUT2D eigenvalue weighted by Crippen LogP contribution is 2.19. The molecule has 0 bridgehead atoms. The van der Waals surface area contributed by atoms with Crippen molar-refractivity contribution in [2.75, 3.05) is 6.54 Å². The van der Waals surface area contributed by atoms with Gasteiger partial charge in [0.1, 0.15) is 0 Å². The Bertz CT molecular complexity index is 502. The first-order valence-electron chi connectivity index (χ1n) is 7.09. The smallest absolute Gasteiger partial charge is 0.0568 e. The fraction of sp³-hybridized carbons (Fsp3) is 0.438. The Morgan fingerprint density at radius 3 is 2.74 bits per heavy atom. The summed E-state index contributed by atoms with van der Waals surface area (Å²) in [5, 5.41) is 4.43. The number of benzene rings is 1. The highest BCUT2D eigenvalue weighted by Gasteiger charge is 2.01. The van der Waals surface area contributed by atoms with Crippen LogP contribution in [-0.4, -0.2) is 16.3 Å². The molecule has 1 heterocycles. The minimum Gasteiger partial charge on any atom is -0.330 e. The minimum absolute atomic E-state index is 0.805. The maximum atomic E-state index is 5.48. The lowest BCUT2D eigenvalue weighted by Gasteiger charge is -2.01. The number of rotatable bonds is 7. The normalized spacial score (nSPS) is 10.8. The molecule has 0 unspecified atom stereocenters. The number of hydrogen-bond donors (Lipinski definition) is 1. The molecule has 0 aliphatic rings. The van der Waals surface area contributed by atoms with Gasteiger partial charge in [-0.3, -0.25) is 4.68 Å². The van der Waals surface area contributed by atoms with Crippen molar-refractivity contribution < 1.29 is 0 Å². The predicted molar refractivity (Wildman–Crippen MR) is 79.9 cm³/mol. The van der Waals surface area contributed by atoms with Gasteiger partial charge in [0, 0.05) is 18.3 Å². The summed E-state index contributed by atoms with van der Waals surface area (Å²) >= 11 is 0. The molecule has 0 atom stereocenters. The van der Waals surface area contributed by atoms with E-state index >= 15 is 0 Å². The molecule has 102 valence electrons. The lowest BCUT2D eigenvalue weighted by Crippen LogP contribution is -2.00. The van der Waals surface area contributed by atoms with Gasteiger partial charge in [0.15, 0.2) is 0 Å². The molecule has 1 aromatic carbocycles. The maximum Gasteiger partial charge on any atom is 0.0568 e. The van der Waals surface area contributed by atoms with E-state index < -0.39 is 0 Å². The summed E-state index contributed by atoms with van der Waals surface area (Å²) in [7, 11) is 0. The van der Waals surface area contributed by atoms with Crippen molar-refractivity contribution in [3.05, 3.63) is 42.2 Å². The van der Waals surface area contributed by atoms with Gasteiger partial charge in [-0.15, -0.1) is 0 Å². The van der Waals surface area contributed by atoms with Crippen LogP contribution in [0.1, 0.15) is 31.2 Å². The molecule has 0 fully saturated rings. The van der Waals surface area contributed by atoms with Crippen LogP contribution in [-0.2, 0) is 6.54 Å². The number of nitrogens with two attached hydrogens (primary N) is 1. The van der Waals surface area contributed by atoms with Crippen molar-refractivity contribution in [1.82, 2.24) is 9.78 Å². The molecule has 3 heteroatoms. The summed E-state index contributed by atoms with van der Waals surface area (Å²) in [6.07, 6.45) is 8.86. The Morgan fingerprint density at radius 2 is 1.95 bits per heavy atom. The molecule has 0 amide bonds. The lowest BCUT2D eigenvalue weighted by atomic mass is 10.1. The first-order chi connectivity index (χ1) is 9.29. The molecule has 3 nitrogen and oxygen atoms in total. The van der Waals surface area contributed by atoms with Crippen LogP contribution in [0.4, 0.5) is 0 Å². The molecule has 19 heavy (non-hydrogen) atoms. The van der Waals surface area contributed by atoms with Crippen LogP contribution < -0.4 is 5.73 Å². The molecule has 0 spiro atoms. The Hall–Kier alpha value is -1.61. The lowest BCUT2D eigenvalue weighted by molar-refractivity contribution is 0.537. The van der Waals surface area contributed by atoms with Crippen molar-refractivity contribution in [1.29, 1.82) is 0 Å². The molecular formula is C16H23N3. The minimum atomic E-state index is 0.805. The van der Waals surface area contributed by atoms with Crippen LogP contribution in [0, 0.1) is 6.92 Å². The predicted octanol–water partition coefficient (Wildman–Crippen LogP) is 3.38. The Labute approximate surface area is 115 Å². The van der Waals surface area contributed by atoms with Gasteiger partial charge in [-0.1, -0.05) is 42.7 Å². The molecule has 0 radical (unpaired) electrons. The largest absolute Gasteiger partial charge is 0.330 e. The molecule has 0 aliphatic heterocycles. The highest BCUT2D eigenvalue weighted by molar-refractivity contribution is 5.62. The zero-order chi connectivity index (χ0) is 13.5. The van der Waals surface area contributed by atoms with E-state index in [-0.39, 0.29) is 0 Å². The van der Waals surface area contributed by atoms with Crippen LogP contribution in [0.15, 0.2) is 36.7 Å². The molecule has 1 aromatic heterocycles. The van der Waals surface area contributed by atoms with Gasteiger partial charge in [-0.25, -0.2) is 0 Å². The Morgan fingerprint density at radius 1 is 1.11 bits per heavy atom. The number of aromatic nitrogens is 2.